The number of benzene rings is 1. The summed E-state index contributed by atoms with van der Waals surface area (Å²) in [6.45, 7) is 6.35. The molecule has 5 nitrogen and oxygen atoms in total. The van der Waals surface area contributed by atoms with Crippen LogP contribution in [0.2, 0.25) is 0 Å². The molecule has 2 fully saturated rings. The molecule has 1 aromatic carbocycles. The minimum Gasteiger partial charge on any atom is -0.496 e. The average Bonchev–Trinajstić information content (AvgIpc) is 2.62. The molecule has 0 aromatic heterocycles. The number of hydrogen-bond acceptors (Lipinski definition) is 4. The second-order valence-corrected chi connectivity index (χ2v) is 6.38. The number of ether oxygens (including phenoxy) is 2. The van der Waals surface area contributed by atoms with Gasteiger partial charge in [-0.1, -0.05) is 12.1 Å². The van der Waals surface area contributed by atoms with E-state index in [1.165, 1.54) is 12.8 Å². The molecule has 0 bridgehead atoms. The van der Waals surface area contributed by atoms with Gasteiger partial charge in [-0.25, -0.2) is 0 Å². The van der Waals surface area contributed by atoms with Gasteiger partial charge in [0.05, 0.1) is 19.3 Å². The molecule has 0 saturated carbocycles. The van der Waals surface area contributed by atoms with Crippen molar-refractivity contribution in [3.8, 4) is 5.75 Å². The zero-order valence-corrected chi connectivity index (χ0v) is 13.9. The van der Waals surface area contributed by atoms with Crippen LogP contribution >= 0.6 is 0 Å². The maximum Gasteiger partial charge on any atom is 0.257 e. The van der Waals surface area contributed by atoms with Crippen LogP contribution in [0.3, 0.4) is 0 Å². The molecule has 0 unspecified atom stereocenters. The second-order valence-electron chi connectivity index (χ2n) is 6.38. The van der Waals surface area contributed by atoms with Crippen molar-refractivity contribution in [3.63, 3.8) is 0 Å². The molecule has 23 heavy (non-hydrogen) atoms. The lowest BCUT2D eigenvalue weighted by Crippen LogP contribution is -2.50. The molecule has 0 aliphatic carbocycles. The van der Waals surface area contributed by atoms with Gasteiger partial charge in [-0.3, -0.25) is 9.69 Å². The first-order valence-corrected chi connectivity index (χ1v) is 8.50. The smallest absolute Gasteiger partial charge is 0.257 e. The van der Waals surface area contributed by atoms with E-state index in [1.807, 2.05) is 29.2 Å². The lowest BCUT2D eigenvalue weighted by atomic mass is 10.0. The summed E-state index contributed by atoms with van der Waals surface area (Å²) >= 11 is 0. The summed E-state index contributed by atoms with van der Waals surface area (Å²) in [5.41, 5.74) is 0.657. The van der Waals surface area contributed by atoms with Crippen molar-refractivity contribution in [1.82, 2.24) is 9.80 Å². The Balaban J connectivity index is 1.53. The van der Waals surface area contributed by atoms with Crippen molar-refractivity contribution in [1.29, 1.82) is 0 Å². The molecular weight excluding hydrogens is 292 g/mol. The van der Waals surface area contributed by atoms with Gasteiger partial charge < -0.3 is 14.4 Å². The van der Waals surface area contributed by atoms with Crippen molar-refractivity contribution < 1.29 is 14.3 Å². The quantitative estimate of drug-likeness (QED) is 0.850. The van der Waals surface area contributed by atoms with Crippen molar-refractivity contribution in [2.45, 2.75) is 12.8 Å². The number of rotatable bonds is 4. The van der Waals surface area contributed by atoms with Gasteiger partial charge in [-0.2, -0.15) is 0 Å². The van der Waals surface area contributed by atoms with Crippen LogP contribution in [-0.2, 0) is 4.74 Å². The van der Waals surface area contributed by atoms with E-state index in [0.717, 1.165) is 45.9 Å². The molecule has 0 spiro atoms. The van der Waals surface area contributed by atoms with Crippen LogP contribution in [-0.4, -0.2) is 68.8 Å². The van der Waals surface area contributed by atoms with E-state index in [4.69, 9.17) is 9.47 Å². The van der Waals surface area contributed by atoms with Crippen LogP contribution in [0.5, 0.6) is 5.75 Å². The Kier molecular flexibility index (Phi) is 5.51. The van der Waals surface area contributed by atoms with Crippen LogP contribution in [0.25, 0.3) is 0 Å². The molecule has 2 heterocycles. The van der Waals surface area contributed by atoms with Gasteiger partial charge in [0.15, 0.2) is 0 Å². The zero-order chi connectivity index (χ0) is 16.1. The number of nitrogens with zero attached hydrogens (tertiary/aromatic N) is 2. The van der Waals surface area contributed by atoms with E-state index in [1.54, 1.807) is 7.11 Å². The molecule has 1 atom stereocenters. The topological polar surface area (TPSA) is 42.0 Å². The Bertz CT molecular complexity index is 521. The molecule has 2 aliphatic heterocycles. The Hall–Kier alpha value is -1.59. The molecular formula is C18H26N2O3. The van der Waals surface area contributed by atoms with E-state index >= 15 is 0 Å². The molecule has 0 N–H and O–H groups in total. The number of carbonyl (C=O) groups excluding carboxylic acids is 1. The first kappa shape index (κ1) is 16.3. The first-order valence-electron chi connectivity index (χ1n) is 8.50. The number of methoxy groups -OCH3 is 1. The first-order chi connectivity index (χ1) is 11.3. The number of piperazine rings is 1. The molecule has 1 amide bonds. The number of para-hydroxylation sites is 1. The Morgan fingerprint density at radius 3 is 2.74 bits per heavy atom. The molecule has 0 radical (unpaired) electrons. The Labute approximate surface area is 138 Å². The number of hydrogen-bond donors (Lipinski definition) is 0. The lowest BCUT2D eigenvalue weighted by molar-refractivity contribution is 0.0274. The summed E-state index contributed by atoms with van der Waals surface area (Å²) in [5.74, 6) is 1.38. The maximum absolute atomic E-state index is 12.7. The van der Waals surface area contributed by atoms with E-state index < -0.39 is 0 Å². The third-order valence-corrected chi connectivity index (χ3v) is 4.77. The fraction of sp³-hybridized carbons (Fsp3) is 0.611. The SMILES string of the molecule is COc1ccccc1C(=O)N1CCN(C[C@H]2CCCOC2)CC1. The van der Waals surface area contributed by atoms with Gasteiger partial charge in [0.25, 0.3) is 5.91 Å². The lowest BCUT2D eigenvalue weighted by Gasteiger charge is -2.37. The summed E-state index contributed by atoms with van der Waals surface area (Å²) in [6, 6.07) is 7.45. The van der Waals surface area contributed by atoms with Crippen molar-refractivity contribution >= 4 is 5.91 Å². The molecule has 1 aromatic rings. The van der Waals surface area contributed by atoms with E-state index in [0.29, 0.717) is 17.2 Å². The van der Waals surface area contributed by atoms with Crippen LogP contribution < -0.4 is 4.74 Å². The van der Waals surface area contributed by atoms with Crippen LogP contribution in [0.15, 0.2) is 24.3 Å². The fourth-order valence-electron chi connectivity index (χ4n) is 3.44. The standard InChI is InChI=1S/C18H26N2O3/c1-22-17-7-3-2-6-16(17)18(21)20-10-8-19(9-11-20)13-15-5-4-12-23-14-15/h2-3,6-7,15H,4-5,8-14H2,1H3/t15-/m1/s1. The monoisotopic (exact) mass is 318 g/mol. The van der Waals surface area contributed by atoms with Gasteiger partial charge in [-0.05, 0) is 30.9 Å². The highest BCUT2D eigenvalue weighted by molar-refractivity contribution is 5.97. The van der Waals surface area contributed by atoms with Crippen LogP contribution in [0, 0.1) is 5.92 Å². The third kappa shape index (κ3) is 4.03. The molecule has 126 valence electrons. The van der Waals surface area contributed by atoms with Crippen LogP contribution in [0.1, 0.15) is 23.2 Å². The predicted molar refractivity (Wildman–Crippen MR) is 88.9 cm³/mol. The summed E-state index contributed by atoms with van der Waals surface area (Å²) in [5, 5.41) is 0. The zero-order valence-electron chi connectivity index (χ0n) is 13.9. The van der Waals surface area contributed by atoms with E-state index in [-0.39, 0.29) is 5.91 Å². The molecule has 2 saturated heterocycles. The fourth-order valence-corrected chi connectivity index (χ4v) is 3.44. The normalized spacial score (nSPS) is 22.8. The Morgan fingerprint density at radius 2 is 2.04 bits per heavy atom. The number of amides is 1. The van der Waals surface area contributed by atoms with Gasteiger partial charge in [0.2, 0.25) is 0 Å². The minimum atomic E-state index is 0.0723. The average molecular weight is 318 g/mol. The van der Waals surface area contributed by atoms with Gasteiger partial charge >= 0.3 is 0 Å². The molecule has 5 heteroatoms. The summed E-state index contributed by atoms with van der Waals surface area (Å²) < 4.78 is 10.9. The van der Waals surface area contributed by atoms with Crippen molar-refractivity contribution in [2.75, 3.05) is 53.0 Å². The summed E-state index contributed by atoms with van der Waals surface area (Å²) in [4.78, 5) is 17.1. The molecule has 2 aliphatic rings. The molecule has 3 rings (SSSR count). The maximum atomic E-state index is 12.7. The largest absolute Gasteiger partial charge is 0.496 e. The Morgan fingerprint density at radius 1 is 1.26 bits per heavy atom. The van der Waals surface area contributed by atoms with E-state index in [9.17, 15) is 4.79 Å². The predicted octanol–water partition coefficient (Wildman–Crippen LogP) is 1.88. The minimum absolute atomic E-state index is 0.0723. The third-order valence-electron chi connectivity index (χ3n) is 4.77. The van der Waals surface area contributed by atoms with Gasteiger partial charge in [0, 0.05) is 39.3 Å². The van der Waals surface area contributed by atoms with Crippen molar-refractivity contribution in [3.05, 3.63) is 29.8 Å². The van der Waals surface area contributed by atoms with Gasteiger partial charge in [0.1, 0.15) is 5.75 Å². The summed E-state index contributed by atoms with van der Waals surface area (Å²) in [6.07, 6.45) is 2.44. The van der Waals surface area contributed by atoms with E-state index in [2.05, 4.69) is 4.90 Å². The highest BCUT2D eigenvalue weighted by Crippen LogP contribution is 2.21. The summed E-state index contributed by atoms with van der Waals surface area (Å²) in [7, 11) is 1.61. The highest BCUT2D eigenvalue weighted by atomic mass is 16.5. The highest BCUT2D eigenvalue weighted by Gasteiger charge is 2.25. The number of carbonyl (C=O) groups is 1. The van der Waals surface area contributed by atoms with Crippen LogP contribution in [0.4, 0.5) is 0 Å². The van der Waals surface area contributed by atoms with Gasteiger partial charge in [-0.15, -0.1) is 0 Å². The second kappa shape index (κ2) is 7.79. The van der Waals surface area contributed by atoms with Crippen molar-refractivity contribution in [2.24, 2.45) is 5.92 Å².